The second-order valence-corrected chi connectivity index (χ2v) is 4.97. The fraction of sp³-hybridized carbons (Fsp3) is 0.250. The highest BCUT2D eigenvalue weighted by Crippen LogP contribution is 2.19. The van der Waals surface area contributed by atoms with Crippen molar-refractivity contribution in [1.82, 2.24) is 4.98 Å². The predicted molar refractivity (Wildman–Crippen MR) is 78.4 cm³/mol. The summed E-state index contributed by atoms with van der Waals surface area (Å²) in [6, 6.07) is 9.78. The average molecular weight is 324 g/mol. The zero-order chi connectivity index (χ0) is 16.9. The third-order valence-electron chi connectivity index (χ3n) is 3.09. The van der Waals surface area contributed by atoms with E-state index in [-0.39, 0.29) is 6.42 Å². The van der Waals surface area contributed by atoms with Crippen LogP contribution in [0.5, 0.6) is 0 Å². The van der Waals surface area contributed by atoms with Crippen LogP contribution < -0.4 is 5.73 Å². The molecule has 0 fully saturated rings. The van der Waals surface area contributed by atoms with Crippen LogP contribution in [0.25, 0.3) is 11.1 Å². The Labute approximate surface area is 131 Å². The average Bonchev–Trinajstić information content (AvgIpc) is 2.53. The van der Waals surface area contributed by atoms with Crippen molar-refractivity contribution >= 4 is 5.97 Å². The summed E-state index contributed by atoms with van der Waals surface area (Å²) < 4.78 is 40.1. The summed E-state index contributed by atoms with van der Waals surface area (Å²) in [5, 5.41) is 0. The van der Waals surface area contributed by atoms with E-state index < -0.39 is 24.8 Å². The van der Waals surface area contributed by atoms with Crippen LogP contribution in [0.1, 0.15) is 5.56 Å². The summed E-state index contributed by atoms with van der Waals surface area (Å²) in [5.74, 6) is -1.07. The molecule has 0 saturated heterocycles. The number of halogens is 3. The molecule has 0 bridgehead atoms. The number of benzene rings is 1. The zero-order valence-electron chi connectivity index (χ0n) is 12.1. The quantitative estimate of drug-likeness (QED) is 0.859. The highest BCUT2D eigenvalue weighted by molar-refractivity contribution is 5.76. The maximum Gasteiger partial charge on any atom is 0.422 e. The molecule has 1 heterocycles. The van der Waals surface area contributed by atoms with Gasteiger partial charge in [0.2, 0.25) is 0 Å². The number of carbonyl (C=O) groups excluding carboxylic acids is 1. The van der Waals surface area contributed by atoms with Gasteiger partial charge in [-0.3, -0.25) is 9.78 Å². The number of nitrogens with zero attached hydrogens (tertiary/aromatic N) is 1. The summed E-state index contributed by atoms with van der Waals surface area (Å²) in [7, 11) is 0. The van der Waals surface area contributed by atoms with Gasteiger partial charge < -0.3 is 10.5 Å². The number of ether oxygens (including phenoxy) is 1. The maximum absolute atomic E-state index is 12.0. The molecular formula is C16H15F3N2O2. The van der Waals surface area contributed by atoms with Gasteiger partial charge in [0.05, 0.1) is 0 Å². The Morgan fingerprint density at radius 1 is 1.17 bits per heavy atom. The Bertz CT molecular complexity index is 643. The molecule has 0 amide bonds. The zero-order valence-corrected chi connectivity index (χ0v) is 12.1. The largest absolute Gasteiger partial charge is 0.455 e. The molecule has 0 saturated carbocycles. The first-order valence-electron chi connectivity index (χ1n) is 6.83. The van der Waals surface area contributed by atoms with Gasteiger partial charge in [-0.25, -0.2) is 0 Å². The molecule has 4 nitrogen and oxygen atoms in total. The molecule has 0 radical (unpaired) electrons. The first-order valence-corrected chi connectivity index (χ1v) is 6.83. The van der Waals surface area contributed by atoms with E-state index in [0.29, 0.717) is 0 Å². The standard InChI is InChI=1S/C16H15F3N2O2/c17-16(18,19)10-23-15(22)14(20)8-11-3-5-12(6-4-11)13-2-1-7-21-9-13/h1-7,9,14H,8,10,20H2/t14-/m0/s1. The number of alkyl halides is 3. The summed E-state index contributed by atoms with van der Waals surface area (Å²) >= 11 is 0. The molecule has 0 spiro atoms. The van der Waals surface area contributed by atoms with Gasteiger partial charge in [0, 0.05) is 12.4 Å². The van der Waals surface area contributed by atoms with Crippen LogP contribution in [-0.4, -0.2) is 29.8 Å². The summed E-state index contributed by atoms with van der Waals surface area (Å²) in [4.78, 5) is 15.4. The van der Waals surface area contributed by atoms with Crippen LogP contribution in [0.3, 0.4) is 0 Å². The van der Waals surface area contributed by atoms with Crippen molar-refractivity contribution in [2.45, 2.75) is 18.6 Å². The maximum atomic E-state index is 12.0. The summed E-state index contributed by atoms with van der Waals surface area (Å²) in [6.45, 7) is -1.63. The molecule has 1 aromatic heterocycles. The van der Waals surface area contributed by atoms with Gasteiger partial charge in [0.15, 0.2) is 6.61 Å². The van der Waals surface area contributed by atoms with Crippen LogP contribution in [0, 0.1) is 0 Å². The number of pyridine rings is 1. The Hall–Kier alpha value is -2.41. The third kappa shape index (κ3) is 5.37. The van der Waals surface area contributed by atoms with Gasteiger partial charge >= 0.3 is 12.1 Å². The van der Waals surface area contributed by atoms with Gasteiger partial charge in [0.1, 0.15) is 6.04 Å². The first-order chi connectivity index (χ1) is 10.8. The molecule has 23 heavy (non-hydrogen) atoms. The molecule has 1 atom stereocenters. The Morgan fingerprint density at radius 3 is 2.43 bits per heavy atom. The minimum absolute atomic E-state index is 0.101. The molecule has 0 aliphatic carbocycles. The smallest absolute Gasteiger partial charge is 0.422 e. The minimum atomic E-state index is -4.55. The van der Waals surface area contributed by atoms with Gasteiger partial charge in [-0.15, -0.1) is 0 Å². The van der Waals surface area contributed by atoms with Crippen LogP contribution in [0.2, 0.25) is 0 Å². The Morgan fingerprint density at radius 2 is 1.87 bits per heavy atom. The van der Waals surface area contributed by atoms with E-state index in [0.717, 1.165) is 16.7 Å². The van der Waals surface area contributed by atoms with E-state index in [1.54, 1.807) is 24.5 Å². The van der Waals surface area contributed by atoms with Crippen molar-refractivity contribution in [2.24, 2.45) is 5.73 Å². The number of rotatable bonds is 5. The van der Waals surface area contributed by atoms with Crippen molar-refractivity contribution in [1.29, 1.82) is 0 Å². The molecule has 2 N–H and O–H groups in total. The van der Waals surface area contributed by atoms with E-state index >= 15 is 0 Å². The molecule has 7 heteroatoms. The van der Waals surface area contributed by atoms with E-state index in [4.69, 9.17) is 5.73 Å². The molecular weight excluding hydrogens is 309 g/mol. The highest BCUT2D eigenvalue weighted by atomic mass is 19.4. The number of hydrogen-bond donors (Lipinski definition) is 1. The normalized spacial score (nSPS) is 12.7. The van der Waals surface area contributed by atoms with E-state index in [9.17, 15) is 18.0 Å². The van der Waals surface area contributed by atoms with Crippen LogP contribution in [-0.2, 0) is 16.0 Å². The summed E-state index contributed by atoms with van der Waals surface area (Å²) in [6.07, 6.45) is -1.07. The van der Waals surface area contributed by atoms with Crippen molar-refractivity contribution in [2.75, 3.05) is 6.61 Å². The Kier molecular flexibility index (Phi) is 5.33. The van der Waals surface area contributed by atoms with Crippen molar-refractivity contribution in [3.8, 4) is 11.1 Å². The van der Waals surface area contributed by atoms with E-state index in [1.807, 2.05) is 24.3 Å². The van der Waals surface area contributed by atoms with Crippen molar-refractivity contribution in [3.63, 3.8) is 0 Å². The number of nitrogens with two attached hydrogens (primary N) is 1. The van der Waals surface area contributed by atoms with Gasteiger partial charge in [0.25, 0.3) is 0 Å². The number of carbonyl (C=O) groups is 1. The lowest BCUT2D eigenvalue weighted by Gasteiger charge is -2.13. The van der Waals surface area contributed by atoms with E-state index in [1.165, 1.54) is 0 Å². The second-order valence-electron chi connectivity index (χ2n) is 4.97. The van der Waals surface area contributed by atoms with Crippen molar-refractivity contribution in [3.05, 3.63) is 54.4 Å². The summed E-state index contributed by atoms with van der Waals surface area (Å²) in [5.41, 5.74) is 8.18. The monoisotopic (exact) mass is 324 g/mol. The molecule has 2 aromatic rings. The lowest BCUT2D eigenvalue weighted by molar-refractivity contribution is -0.187. The van der Waals surface area contributed by atoms with Crippen molar-refractivity contribution < 1.29 is 22.7 Å². The first kappa shape index (κ1) is 17.0. The van der Waals surface area contributed by atoms with Gasteiger partial charge in [-0.05, 0) is 29.2 Å². The SMILES string of the molecule is N[C@@H](Cc1ccc(-c2cccnc2)cc1)C(=O)OCC(F)(F)F. The molecule has 0 unspecified atom stereocenters. The molecule has 122 valence electrons. The molecule has 2 rings (SSSR count). The molecule has 0 aliphatic rings. The van der Waals surface area contributed by atoms with Crippen LogP contribution in [0.4, 0.5) is 13.2 Å². The fourth-order valence-corrected chi connectivity index (χ4v) is 1.96. The Balaban J connectivity index is 1.94. The molecule has 0 aliphatic heterocycles. The van der Waals surface area contributed by atoms with Crippen LogP contribution in [0.15, 0.2) is 48.8 Å². The van der Waals surface area contributed by atoms with Gasteiger partial charge in [-0.2, -0.15) is 13.2 Å². The molecule has 1 aromatic carbocycles. The lowest BCUT2D eigenvalue weighted by atomic mass is 10.0. The lowest BCUT2D eigenvalue weighted by Crippen LogP contribution is -2.36. The number of aromatic nitrogens is 1. The minimum Gasteiger partial charge on any atom is -0.455 e. The highest BCUT2D eigenvalue weighted by Gasteiger charge is 2.30. The topological polar surface area (TPSA) is 65.2 Å². The second kappa shape index (κ2) is 7.23. The number of hydrogen-bond acceptors (Lipinski definition) is 4. The predicted octanol–water partition coefficient (Wildman–Crippen LogP) is 2.72. The van der Waals surface area contributed by atoms with E-state index in [2.05, 4.69) is 9.72 Å². The van der Waals surface area contributed by atoms with Gasteiger partial charge in [-0.1, -0.05) is 30.3 Å². The fourth-order valence-electron chi connectivity index (χ4n) is 1.96. The number of esters is 1. The van der Waals surface area contributed by atoms with Crippen LogP contribution >= 0.6 is 0 Å². The third-order valence-corrected chi connectivity index (χ3v) is 3.09.